The molecule has 0 bridgehead atoms. The van der Waals surface area contributed by atoms with Crippen LogP contribution in [0.1, 0.15) is 40.5 Å². The number of aromatic amines is 1. The van der Waals surface area contributed by atoms with Crippen molar-refractivity contribution in [3.8, 4) is 11.1 Å². The van der Waals surface area contributed by atoms with E-state index < -0.39 is 11.7 Å². The maximum absolute atomic E-state index is 12.9. The predicted octanol–water partition coefficient (Wildman–Crippen LogP) is 3.49. The molecule has 2 aromatic heterocycles. The van der Waals surface area contributed by atoms with E-state index in [1.807, 2.05) is 0 Å². The van der Waals surface area contributed by atoms with Crippen LogP contribution in [0, 0.1) is 0 Å². The summed E-state index contributed by atoms with van der Waals surface area (Å²) in [4.78, 5) is 22.8. The van der Waals surface area contributed by atoms with Gasteiger partial charge in [0, 0.05) is 37.0 Å². The lowest BCUT2D eigenvalue weighted by atomic mass is 9.89. The quantitative estimate of drug-likeness (QED) is 0.681. The van der Waals surface area contributed by atoms with E-state index in [1.54, 1.807) is 11.0 Å². The molecule has 0 saturated carbocycles. The highest BCUT2D eigenvalue weighted by Gasteiger charge is 2.31. The van der Waals surface area contributed by atoms with Crippen molar-refractivity contribution in [1.29, 1.82) is 0 Å². The Morgan fingerprint density at radius 2 is 1.97 bits per heavy atom. The van der Waals surface area contributed by atoms with Crippen LogP contribution in [0.25, 0.3) is 11.1 Å². The molecule has 0 radical (unpaired) electrons. The first-order valence-electron chi connectivity index (χ1n) is 9.41. The van der Waals surface area contributed by atoms with E-state index in [0.717, 1.165) is 25.0 Å². The fourth-order valence-electron chi connectivity index (χ4n) is 3.71. The number of alkyl halides is 3. The lowest BCUT2D eigenvalue weighted by Crippen LogP contribution is -2.39. The zero-order valence-corrected chi connectivity index (χ0v) is 15.9. The monoisotopic (exact) mass is 416 g/mol. The zero-order valence-electron chi connectivity index (χ0n) is 15.9. The van der Waals surface area contributed by atoms with Crippen LogP contribution in [0.5, 0.6) is 0 Å². The lowest BCUT2D eigenvalue weighted by Gasteiger charge is -2.33. The molecule has 1 saturated heterocycles. The molecule has 10 heteroatoms. The Morgan fingerprint density at radius 1 is 1.20 bits per heavy atom. The lowest BCUT2D eigenvalue weighted by molar-refractivity contribution is -0.137. The number of nitrogen functional groups attached to an aromatic ring is 1. The van der Waals surface area contributed by atoms with Gasteiger partial charge in [-0.15, -0.1) is 0 Å². The third kappa shape index (κ3) is 3.98. The molecule has 7 nitrogen and oxygen atoms in total. The predicted molar refractivity (Wildman–Crippen MR) is 103 cm³/mol. The van der Waals surface area contributed by atoms with Crippen LogP contribution in [0.15, 0.2) is 42.7 Å². The summed E-state index contributed by atoms with van der Waals surface area (Å²) in [5, 5.41) is 6.49. The normalized spacial score (nSPS) is 17.2. The van der Waals surface area contributed by atoms with Gasteiger partial charge in [0.2, 0.25) is 5.95 Å². The summed E-state index contributed by atoms with van der Waals surface area (Å²) in [5.41, 5.74) is 7.28. The molecule has 3 aromatic rings. The maximum Gasteiger partial charge on any atom is 0.416 e. The molecule has 1 aliphatic rings. The van der Waals surface area contributed by atoms with Crippen LogP contribution in [0.2, 0.25) is 0 Å². The fourth-order valence-corrected chi connectivity index (χ4v) is 3.71. The average molecular weight is 416 g/mol. The van der Waals surface area contributed by atoms with Gasteiger partial charge in [-0.25, -0.2) is 9.97 Å². The topological polar surface area (TPSA) is 101 Å². The molecule has 1 fully saturated rings. The van der Waals surface area contributed by atoms with E-state index in [9.17, 15) is 18.0 Å². The largest absolute Gasteiger partial charge is 0.416 e. The number of nitrogens with two attached hydrogens (primary N) is 1. The molecule has 3 N–H and O–H groups in total. The van der Waals surface area contributed by atoms with E-state index in [2.05, 4.69) is 20.2 Å². The Morgan fingerprint density at radius 3 is 2.63 bits per heavy atom. The second-order valence-corrected chi connectivity index (χ2v) is 7.16. The molecule has 1 aliphatic heterocycles. The first-order valence-corrected chi connectivity index (χ1v) is 9.41. The van der Waals surface area contributed by atoms with E-state index >= 15 is 0 Å². The summed E-state index contributed by atoms with van der Waals surface area (Å²) in [6, 6.07) is 6.48. The third-order valence-corrected chi connectivity index (χ3v) is 5.19. The number of hydrogen-bond acceptors (Lipinski definition) is 5. The molecule has 1 aromatic carbocycles. The van der Waals surface area contributed by atoms with Crippen molar-refractivity contribution < 1.29 is 18.0 Å². The van der Waals surface area contributed by atoms with Gasteiger partial charge in [-0.05, 0) is 36.6 Å². The molecule has 3 heterocycles. The Balaban J connectivity index is 1.64. The molecular weight excluding hydrogens is 397 g/mol. The van der Waals surface area contributed by atoms with Gasteiger partial charge in [0.1, 0.15) is 5.69 Å². The number of amides is 1. The van der Waals surface area contributed by atoms with Gasteiger partial charge in [0.15, 0.2) is 0 Å². The van der Waals surface area contributed by atoms with Gasteiger partial charge < -0.3 is 10.6 Å². The minimum absolute atomic E-state index is 0.0812. The first kappa shape index (κ1) is 19.9. The number of anilines is 1. The number of halogens is 3. The van der Waals surface area contributed by atoms with Crippen LogP contribution in [0.4, 0.5) is 19.1 Å². The first-order chi connectivity index (χ1) is 14.3. The minimum Gasteiger partial charge on any atom is -0.368 e. The number of nitrogens with one attached hydrogen (secondary N) is 1. The highest BCUT2D eigenvalue weighted by molar-refractivity contribution is 5.92. The number of aromatic nitrogens is 4. The van der Waals surface area contributed by atoms with Gasteiger partial charge >= 0.3 is 6.18 Å². The van der Waals surface area contributed by atoms with E-state index in [1.165, 1.54) is 24.5 Å². The van der Waals surface area contributed by atoms with Crippen LogP contribution in [-0.2, 0) is 6.18 Å². The second-order valence-electron chi connectivity index (χ2n) is 7.16. The average Bonchev–Trinajstić information content (AvgIpc) is 3.28. The fraction of sp³-hybridized carbons (Fsp3) is 0.300. The van der Waals surface area contributed by atoms with Crippen molar-refractivity contribution in [3.63, 3.8) is 0 Å². The van der Waals surface area contributed by atoms with Crippen molar-refractivity contribution in [2.45, 2.75) is 24.9 Å². The van der Waals surface area contributed by atoms with E-state index in [0.29, 0.717) is 35.6 Å². The molecule has 30 heavy (non-hydrogen) atoms. The summed E-state index contributed by atoms with van der Waals surface area (Å²) in [7, 11) is 0. The Kier molecular flexibility index (Phi) is 5.15. The van der Waals surface area contributed by atoms with E-state index in [4.69, 9.17) is 5.73 Å². The summed E-state index contributed by atoms with van der Waals surface area (Å²) >= 11 is 0. The van der Waals surface area contributed by atoms with Gasteiger partial charge in [-0.3, -0.25) is 9.89 Å². The standard InChI is InChI=1S/C20H19F3N6O/c21-20(22,23)14-5-3-12(4-6-14)15-10-25-19(24)27-17(15)13-2-1-9-29(11-13)18(30)16-7-8-26-28-16/h3-8,10,13H,1-2,9,11H2,(H,26,28)(H2,24,25,27)/t13-/m1/s1. The molecule has 0 aliphatic carbocycles. The van der Waals surface area contributed by atoms with Gasteiger partial charge in [0.25, 0.3) is 5.91 Å². The van der Waals surface area contributed by atoms with Gasteiger partial charge in [-0.2, -0.15) is 18.3 Å². The Labute approximate surface area is 170 Å². The Bertz CT molecular complexity index is 1030. The molecule has 1 amide bonds. The smallest absolute Gasteiger partial charge is 0.368 e. The van der Waals surface area contributed by atoms with Crippen molar-refractivity contribution in [2.24, 2.45) is 0 Å². The highest BCUT2D eigenvalue weighted by Crippen LogP contribution is 2.35. The number of carbonyl (C=O) groups excluding carboxylic acids is 1. The van der Waals surface area contributed by atoms with Crippen molar-refractivity contribution in [2.75, 3.05) is 18.8 Å². The third-order valence-electron chi connectivity index (χ3n) is 5.19. The molecule has 4 rings (SSSR count). The highest BCUT2D eigenvalue weighted by atomic mass is 19.4. The molecule has 0 spiro atoms. The summed E-state index contributed by atoms with van der Waals surface area (Å²) in [6.07, 6.45) is 0.173. The van der Waals surface area contributed by atoms with Crippen LogP contribution < -0.4 is 5.73 Å². The summed E-state index contributed by atoms with van der Waals surface area (Å²) in [5.74, 6) is -0.193. The number of rotatable bonds is 3. The molecule has 1 atom stereocenters. The summed E-state index contributed by atoms with van der Waals surface area (Å²) in [6.45, 7) is 1.02. The SMILES string of the molecule is Nc1ncc(-c2ccc(C(F)(F)F)cc2)c([C@@H]2CCCN(C(=O)c3ccn[nH]3)C2)n1. The molecule has 0 unspecified atom stereocenters. The van der Waals surface area contributed by atoms with Crippen LogP contribution in [-0.4, -0.2) is 44.1 Å². The number of carbonyl (C=O) groups is 1. The van der Waals surface area contributed by atoms with Crippen molar-refractivity contribution >= 4 is 11.9 Å². The molecule has 156 valence electrons. The number of nitrogens with zero attached hydrogens (tertiary/aromatic N) is 4. The second kappa shape index (κ2) is 7.77. The van der Waals surface area contributed by atoms with Crippen LogP contribution in [0.3, 0.4) is 0 Å². The number of hydrogen-bond donors (Lipinski definition) is 2. The number of benzene rings is 1. The minimum atomic E-state index is -4.41. The number of likely N-dealkylation sites (tertiary alicyclic amines) is 1. The van der Waals surface area contributed by atoms with Crippen molar-refractivity contribution in [3.05, 3.63) is 59.7 Å². The van der Waals surface area contributed by atoms with Gasteiger partial charge in [0.05, 0.1) is 11.3 Å². The summed E-state index contributed by atoms with van der Waals surface area (Å²) < 4.78 is 38.7. The number of H-pyrrole nitrogens is 1. The Hall–Kier alpha value is -3.43. The van der Waals surface area contributed by atoms with Crippen LogP contribution >= 0.6 is 0 Å². The van der Waals surface area contributed by atoms with Gasteiger partial charge in [-0.1, -0.05) is 12.1 Å². The van der Waals surface area contributed by atoms with Crippen molar-refractivity contribution in [1.82, 2.24) is 25.1 Å². The number of piperidine rings is 1. The van der Waals surface area contributed by atoms with E-state index in [-0.39, 0.29) is 17.8 Å². The maximum atomic E-state index is 12.9. The zero-order chi connectivity index (χ0) is 21.3. The molecular formula is C20H19F3N6O.